The smallest absolute Gasteiger partial charge is 0.0154 e. The summed E-state index contributed by atoms with van der Waals surface area (Å²) in [6.45, 7) is 10.9. The third-order valence-corrected chi connectivity index (χ3v) is 4.28. The molecule has 0 radical (unpaired) electrons. The van der Waals surface area contributed by atoms with Crippen LogP contribution in [0.25, 0.3) is 5.57 Å². The van der Waals surface area contributed by atoms with Gasteiger partial charge in [0.25, 0.3) is 0 Å². The van der Waals surface area contributed by atoms with Gasteiger partial charge in [-0.2, -0.15) is 0 Å². The van der Waals surface area contributed by atoms with Gasteiger partial charge in [-0.25, -0.2) is 0 Å². The molecule has 0 amide bonds. The van der Waals surface area contributed by atoms with E-state index in [9.17, 15) is 0 Å². The highest BCUT2D eigenvalue weighted by molar-refractivity contribution is 5.80. The van der Waals surface area contributed by atoms with Gasteiger partial charge in [-0.3, -0.25) is 0 Å². The normalized spacial score (nSPS) is 11.8. The number of aryl methyl sites for hydroxylation is 4. The molecule has 0 saturated heterocycles. The minimum absolute atomic E-state index is 1.17. The highest BCUT2D eigenvalue weighted by Gasteiger charge is 2.07. The lowest BCUT2D eigenvalue weighted by Crippen LogP contribution is -1.94. The molecule has 2 aromatic carbocycles. The molecule has 0 aliphatic carbocycles. The fraction of sp³-hybridized carbons (Fsp3) is 0.333. The zero-order valence-electron chi connectivity index (χ0n) is 14.0. The molecule has 0 aromatic heterocycles. The van der Waals surface area contributed by atoms with Crippen LogP contribution < -0.4 is 0 Å². The molecule has 0 unspecified atom stereocenters. The molecule has 0 aliphatic rings. The molecule has 0 bridgehead atoms. The van der Waals surface area contributed by atoms with E-state index in [-0.39, 0.29) is 0 Å². The minimum Gasteiger partial charge on any atom is -0.0792 e. The SMILES string of the molecule is C/C=C(/c1ccc(C)c(C)c1)c1ccc(CCC)c(C)c1. The van der Waals surface area contributed by atoms with Crippen LogP contribution in [0.15, 0.2) is 42.5 Å². The van der Waals surface area contributed by atoms with E-state index < -0.39 is 0 Å². The lowest BCUT2D eigenvalue weighted by atomic mass is 9.92. The lowest BCUT2D eigenvalue weighted by Gasteiger charge is -2.13. The van der Waals surface area contributed by atoms with E-state index in [1.54, 1.807) is 0 Å². The molecule has 21 heavy (non-hydrogen) atoms. The maximum atomic E-state index is 2.33. The van der Waals surface area contributed by atoms with Gasteiger partial charge in [0.05, 0.1) is 0 Å². The van der Waals surface area contributed by atoms with E-state index in [1.807, 2.05) is 0 Å². The zero-order chi connectivity index (χ0) is 15.4. The van der Waals surface area contributed by atoms with Gasteiger partial charge in [0.1, 0.15) is 0 Å². The van der Waals surface area contributed by atoms with Gasteiger partial charge in [0.2, 0.25) is 0 Å². The second-order valence-corrected chi connectivity index (χ2v) is 5.89. The first-order valence-corrected chi connectivity index (χ1v) is 7.90. The first-order chi connectivity index (χ1) is 10.1. The highest BCUT2D eigenvalue weighted by atomic mass is 14.1. The van der Waals surface area contributed by atoms with Crippen molar-refractivity contribution in [3.8, 4) is 0 Å². The van der Waals surface area contributed by atoms with E-state index in [2.05, 4.69) is 77.1 Å². The fourth-order valence-electron chi connectivity index (χ4n) is 2.82. The summed E-state index contributed by atoms with van der Waals surface area (Å²) in [4.78, 5) is 0. The van der Waals surface area contributed by atoms with Gasteiger partial charge in [0.15, 0.2) is 0 Å². The Kier molecular flexibility index (Phi) is 5.01. The summed E-state index contributed by atoms with van der Waals surface area (Å²) >= 11 is 0. The Labute approximate surface area is 129 Å². The number of hydrogen-bond acceptors (Lipinski definition) is 0. The van der Waals surface area contributed by atoms with Crippen LogP contribution in [0.2, 0.25) is 0 Å². The summed E-state index contributed by atoms with van der Waals surface area (Å²) < 4.78 is 0. The summed E-state index contributed by atoms with van der Waals surface area (Å²) in [5.41, 5.74) is 9.52. The summed E-state index contributed by atoms with van der Waals surface area (Å²) in [6.07, 6.45) is 4.59. The molecule has 0 N–H and O–H groups in total. The van der Waals surface area contributed by atoms with Gasteiger partial charge in [-0.05, 0) is 73.1 Å². The average Bonchev–Trinajstić information content (AvgIpc) is 2.46. The molecule has 0 aliphatic heterocycles. The molecular formula is C21H26. The van der Waals surface area contributed by atoms with Crippen molar-refractivity contribution in [3.63, 3.8) is 0 Å². The lowest BCUT2D eigenvalue weighted by molar-refractivity contribution is 0.912. The van der Waals surface area contributed by atoms with Gasteiger partial charge < -0.3 is 0 Å². The van der Waals surface area contributed by atoms with Crippen LogP contribution in [0.5, 0.6) is 0 Å². The summed E-state index contributed by atoms with van der Waals surface area (Å²) in [7, 11) is 0. The van der Waals surface area contributed by atoms with Gasteiger partial charge >= 0.3 is 0 Å². The molecule has 0 spiro atoms. The fourth-order valence-corrected chi connectivity index (χ4v) is 2.82. The van der Waals surface area contributed by atoms with Gasteiger partial charge in [0, 0.05) is 0 Å². The quantitative estimate of drug-likeness (QED) is 0.642. The predicted octanol–water partition coefficient (Wildman–Crippen LogP) is 6.02. The van der Waals surface area contributed by atoms with Crippen molar-refractivity contribution in [3.05, 3.63) is 75.9 Å². The van der Waals surface area contributed by atoms with Crippen molar-refractivity contribution >= 4 is 5.57 Å². The van der Waals surface area contributed by atoms with Crippen LogP contribution in [0.1, 0.15) is 53.6 Å². The van der Waals surface area contributed by atoms with Crippen LogP contribution >= 0.6 is 0 Å². The van der Waals surface area contributed by atoms with Crippen molar-refractivity contribution in [1.82, 2.24) is 0 Å². The second-order valence-electron chi connectivity index (χ2n) is 5.89. The molecule has 2 aromatic rings. The second kappa shape index (κ2) is 6.76. The summed E-state index contributed by atoms with van der Waals surface area (Å²) in [6, 6.07) is 13.6. The highest BCUT2D eigenvalue weighted by Crippen LogP contribution is 2.27. The maximum Gasteiger partial charge on any atom is -0.0154 e. The predicted molar refractivity (Wildman–Crippen MR) is 93.8 cm³/mol. The number of benzene rings is 2. The van der Waals surface area contributed by atoms with E-state index in [1.165, 1.54) is 51.8 Å². The van der Waals surface area contributed by atoms with E-state index in [0.717, 1.165) is 0 Å². The molecule has 2 rings (SSSR count). The van der Waals surface area contributed by atoms with Crippen molar-refractivity contribution in [2.45, 2.75) is 47.5 Å². The van der Waals surface area contributed by atoms with E-state index in [4.69, 9.17) is 0 Å². The number of hydrogen-bond donors (Lipinski definition) is 0. The van der Waals surface area contributed by atoms with Crippen LogP contribution in [-0.4, -0.2) is 0 Å². The van der Waals surface area contributed by atoms with Crippen LogP contribution in [-0.2, 0) is 6.42 Å². The van der Waals surface area contributed by atoms with Gasteiger partial charge in [-0.1, -0.05) is 55.8 Å². The number of rotatable bonds is 4. The van der Waals surface area contributed by atoms with Gasteiger partial charge in [-0.15, -0.1) is 0 Å². The maximum absolute atomic E-state index is 2.33. The largest absolute Gasteiger partial charge is 0.0792 e. The van der Waals surface area contributed by atoms with Crippen molar-refractivity contribution in [1.29, 1.82) is 0 Å². The molecule has 0 fully saturated rings. The summed E-state index contributed by atoms with van der Waals surface area (Å²) in [5, 5.41) is 0. The Morgan fingerprint density at radius 3 is 2.00 bits per heavy atom. The molecule has 0 saturated carbocycles. The van der Waals surface area contributed by atoms with E-state index >= 15 is 0 Å². The molecule has 0 heterocycles. The molecule has 110 valence electrons. The Morgan fingerprint density at radius 2 is 1.48 bits per heavy atom. The molecule has 0 atom stereocenters. The third-order valence-electron chi connectivity index (χ3n) is 4.28. The standard InChI is InChI=1S/C21H26/c1-6-8-18-11-12-20(14-17(18)5)21(7-2)19-10-9-15(3)16(4)13-19/h7,9-14H,6,8H2,1-5H3/b21-7-. The topological polar surface area (TPSA) is 0 Å². The average molecular weight is 278 g/mol. The monoisotopic (exact) mass is 278 g/mol. The van der Waals surface area contributed by atoms with Crippen molar-refractivity contribution < 1.29 is 0 Å². The number of allylic oxidation sites excluding steroid dienone is 1. The first-order valence-electron chi connectivity index (χ1n) is 7.90. The Hall–Kier alpha value is -1.82. The van der Waals surface area contributed by atoms with Crippen LogP contribution in [0, 0.1) is 20.8 Å². The minimum atomic E-state index is 1.17. The summed E-state index contributed by atoms with van der Waals surface area (Å²) in [5.74, 6) is 0. The Morgan fingerprint density at radius 1 is 0.857 bits per heavy atom. The van der Waals surface area contributed by atoms with Crippen LogP contribution in [0.3, 0.4) is 0 Å². The van der Waals surface area contributed by atoms with Crippen LogP contribution in [0.4, 0.5) is 0 Å². The van der Waals surface area contributed by atoms with Crippen molar-refractivity contribution in [2.24, 2.45) is 0 Å². The third kappa shape index (κ3) is 3.44. The van der Waals surface area contributed by atoms with E-state index in [0.29, 0.717) is 0 Å². The first kappa shape index (κ1) is 15.6. The molecular weight excluding hydrogens is 252 g/mol. The zero-order valence-corrected chi connectivity index (χ0v) is 14.0. The molecule has 0 nitrogen and oxygen atoms in total. The molecule has 0 heteroatoms. The van der Waals surface area contributed by atoms with Crippen molar-refractivity contribution in [2.75, 3.05) is 0 Å². The Bertz CT molecular complexity index is 660. The Balaban J connectivity index is 2.42.